The highest BCUT2D eigenvalue weighted by Crippen LogP contribution is 2.37. The molecular formula is C12H18F2O2S2. The highest BCUT2D eigenvalue weighted by Gasteiger charge is 2.37. The van der Waals surface area contributed by atoms with Gasteiger partial charge in [0.1, 0.15) is 12.3 Å². The second-order valence-corrected chi connectivity index (χ2v) is 7.02. The number of halogens is 2. The Kier molecular flexibility index (Phi) is 6.63. The molecule has 0 aliphatic heterocycles. The molecule has 0 saturated heterocycles. The first-order valence-electron chi connectivity index (χ1n) is 5.95. The van der Waals surface area contributed by atoms with Gasteiger partial charge in [-0.2, -0.15) is 0 Å². The zero-order valence-corrected chi connectivity index (χ0v) is 12.2. The zero-order chi connectivity index (χ0) is 13.7. The highest BCUT2D eigenvalue weighted by molar-refractivity contribution is 8.13. The van der Waals surface area contributed by atoms with Gasteiger partial charge in [-0.1, -0.05) is 23.5 Å². The summed E-state index contributed by atoms with van der Waals surface area (Å²) in [5.74, 6) is 0.998. The van der Waals surface area contributed by atoms with E-state index in [1.165, 1.54) is 13.8 Å². The van der Waals surface area contributed by atoms with Crippen molar-refractivity contribution in [2.75, 3.05) is 11.5 Å². The molecule has 4 atom stereocenters. The van der Waals surface area contributed by atoms with Gasteiger partial charge in [0.2, 0.25) is 0 Å². The Balaban J connectivity index is 2.55. The molecule has 0 heterocycles. The van der Waals surface area contributed by atoms with Crippen molar-refractivity contribution < 1.29 is 18.4 Å². The fraction of sp³-hybridized carbons (Fsp3) is 0.833. The Morgan fingerprint density at radius 3 is 1.56 bits per heavy atom. The maximum Gasteiger partial charge on any atom is 0.185 e. The van der Waals surface area contributed by atoms with Crippen molar-refractivity contribution in [1.29, 1.82) is 0 Å². The molecule has 1 aliphatic carbocycles. The second kappa shape index (κ2) is 7.48. The largest absolute Gasteiger partial charge is 0.288 e. The lowest BCUT2D eigenvalue weighted by atomic mass is 9.79. The molecule has 0 aromatic carbocycles. The van der Waals surface area contributed by atoms with Crippen LogP contribution in [0.3, 0.4) is 0 Å². The van der Waals surface area contributed by atoms with Crippen LogP contribution < -0.4 is 0 Å². The van der Waals surface area contributed by atoms with Gasteiger partial charge >= 0.3 is 0 Å². The highest BCUT2D eigenvalue weighted by atomic mass is 32.2. The van der Waals surface area contributed by atoms with E-state index < -0.39 is 12.3 Å². The van der Waals surface area contributed by atoms with Crippen LogP contribution in [0.15, 0.2) is 0 Å². The number of hydrogen-bond donors (Lipinski definition) is 0. The van der Waals surface area contributed by atoms with Crippen molar-refractivity contribution in [1.82, 2.24) is 0 Å². The van der Waals surface area contributed by atoms with Gasteiger partial charge in [0.15, 0.2) is 10.2 Å². The number of carbonyl (C=O) groups is 2. The smallest absolute Gasteiger partial charge is 0.185 e. The first-order valence-corrected chi connectivity index (χ1v) is 7.92. The molecule has 6 heteroatoms. The van der Waals surface area contributed by atoms with Crippen LogP contribution >= 0.6 is 23.5 Å². The molecule has 0 spiro atoms. The molecular weight excluding hydrogens is 278 g/mol. The minimum absolute atomic E-state index is 0.00856. The van der Waals surface area contributed by atoms with E-state index in [2.05, 4.69) is 0 Å². The maximum absolute atomic E-state index is 13.4. The van der Waals surface area contributed by atoms with E-state index >= 15 is 0 Å². The first kappa shape index (κ1) is 16.0. The fourth-order valence-electron chi connectivity index (χ4n) is 2.12. The van der Waals surface area contributed by atoms with Gasteiger partial charge in [-0.15, -0.1) is 0 Å². The Morgan fingerprint density at radius 2 is 1.28 bits per heavy atom. The zero-order valence-electron chi connectivity index (χ0n) is 10.5. The van der Waals surface area contributed by atoms with Crippen LogP contribution in [0.2, 0.25) is 0 Å². The maximum atomic E-state index is 13.4. The van der Waals surface area contributed by atoms with Gasteiger partial charge < -0.3 is 0 Å². The summed E-state index contributed by atoms with van der Waals surface area (Å²) in [5, 5.41) is -0.0171. The van der Waals surface area contributed by atoms with Crippen molar-refractivity contribution in [3.8, 4) is 0 Å². The lowest BCUT2D eigenvalue weighted by Crippen LogP contribution is -2.37. The molecule has 0 aromatic rings. The van der Waals surface area contributed by atoms with E-state index in [9.17, 15) is 18.4 Å². The van der Waals surface area contributed by atoms with E-state index in [1.54, 1.807) is 0 Å². The Hall–Kier alpha value is -0.100. The van der Waals surface area contributed by atoms with Crippen molar-refractivity contribution in [2.45, 2.75) is 39.0 Å². The topological polar surface area (TPSA) is 34.1 Å². The summed E-state index contributed by atoms with van der Waals surface area (Å²) in [5.41, 5.74) is 0. The van der Waals surface area contributed by atoms with E-state index in [1.807, 2.05) is 0 Å². The molecule has 0 N–H and O–H groups in total. The van der Waals surface area contributed by atoms with E-state index in [4.69, 9.17) is 0 Å². The molecule has 0 amide bonds. The monoisotopic (exact) mass is 296 g/mol. The van der Waals surface area contributed by atoms with Crippen LogP contribution in [0.25, 0.3) is 0 Å². The van der Waals surface area contributed by atoms with Gasteiger partial charge in [-0.25, -0.2) is 8.78 Å². The number of carbonyl (C=O) groups excluding carboxylic acids is 2. The Labute approximate surface area is 115 Å². The average Bonchev–Trinajstić information content (AvgIpc) is 2.28. The minimum atomic E-state index is -1.43. The lowest BCUT2D eigenvalue weighted by Gasteiger charge is -2.34. The summed E-state index contributed by atoms with van der Waals surface area (Å²) in [7, 11) is 0. The van der Waals surface area contributed by atoms with E-state index in [0.29, 0.717) is 11.5 Å². The molecule has 0 bridgehead atoms. The normalized spacial score (nSPS) is 32.2. The Bertz CT molecular complexity index is 282. The SMILES string of the molecule is CC(=O)SCC1CC(F)C(F)CC1CSC(C)=O. The summed E-state index contributed by atoms with van der Waals surface area (Å²) < 4.78 is 26.8. The van der Waals surface area contributed by atoms with Crippen LogP contribution in [0.1, 0.15) is 26.7 Å². The van der Waals surface area contributed by atoms with Crippen molar-refractivity contribution in [3.05, 3.63) is 0 Å². The molecule has 0 radical (unpaired) electrons. The average molecular weight is 296 g/mol. The second-order valence-electron chi connectivity index (χ2n) is 4.63. The number of alkyl halides is 2. The minimum Gasteiger partial charge on any atom is -0.288 e. The van der Waals surface area contributed by atoms with Gasteiger partial charge in [0.25, 0.3) is 0 Å². The van der Waals surface area contributed by atoms with E-state index in [-0.39, 0.29) is 34.9 Å². The van der Waals surface area contributed by atoms with Gasteiger partial charge in [0, 0.05) is 25.4 Å². The fourth-order valence-corrected chi connectivity index (χ4v) is 3.83. The Morgan fingerprint density at radius 1 is 0.944 bits per heavy atom. The molecule has 1 rings (SSSR count). The van der Waals surface area contributed by atoms with E-state index in [0.717, 1.165) is 23.5 Å². The van der Waals surface area contributed by atoms with Crippen LogP contribution in [0.5, 0.6) is 0 Å². The van der Waals surface area contributed by atoms with Crippen LogP contribution in [0, 0.1) is 11.8 Å². The summed E-state index contributed by atoms with van der Waals surface area (Å²) in [6.07, 6.45) is -2.54. The molecule has 104 valence electrons. The number of rotatable bonds is 4. The molecule has 1 aliphatic rings. The molecule has 1 fully saturated rings. The van der Waals surface area contributed by atoms with Crippen LogP contribution in [-0.2, 0) is 9.59 Å². The third-order valence-electron chi connectivity index (χ3n) is 3.12. The molecule has 2 nitrogen and oxygen atoms in total. The van der Waals surface area contributed by atoms with Gasteiger partial charge in [-0.3, -0.25) is 9.59 Å². The third kappa shape index (κ3) is 5.26. The van der Waals surface area contributed by atoms with Crippen molar-refractivity contribution in [3.63, 3.8) is 0 Å². The third-order valence-corrected chi connectivity index (χ3v) is 5.12. The number of hydrogen-bond acceptors (Lipinski definition) is 4. The molecule has 18 heavy (non-hydrogen) atoms. The predicted octanol–water partition coefficient (Wildman–Crippen LogP) is 3.25. The summed E-state index contributed by atoms with van der Waals surface area (Å²) in [6, 6.07) is 0. The summed E-state index contributed by atoms with van der Waals surface area (Å²) >= 11 is 2.31. The van der Waals surface area contributed by atoms with Gasteiger partial charge in [0.05, 0.1) is 0 Å². The van der Waals surface area contributed by atoms with Crippen molar-refractivity contribution >= 4 is 33.8 Å². The van der Waals surface area contributed by atoms with Crippen LogP contribution in [-0.4, -0.2) is 34.1 Å². The quantitative estimate of drug-likeness (QED) is 0.797. The predicted molar refractivity (Wildman–Crippen MR) is 72.3 cm³/mol. The summed E-state index contributed by atoms with van der Waals surface area (Å²) in [4.78, 5) is 21.9. The summed E-state index contributed by atoms with van der Waals surface area (Å²) in [6.45, 7) is 2.94. The molecule has 4 unspecified atom stereocenters. The molecule has 0 aromatic heterocycles. The first-order chi connectivity index (χ1) is 8.40. The lowest BCUT2D eigenvalue weighted by molar-refractivity contribution is -0.110. The standard InChI is InChI=1S/C12H18F2O2S2/c1-7(15)17-5-9-3-11(13)12(14)4-10(9)6-18-8(2)16/h9-12H,3-6H2,1-2H3. The number of thioether (sulfide) groups is 2. The van der Waals surface area contributed by atoms with Crippen molar-refractivity contribution in [2.24, 2.45) is 11.8 Å². The van der Waals surface area contributed by atoms with Gasteiger partial charge in [-0.05, 0) is 24.7 Å². The van der Waals surface area contributed by atoms with Crippen LogP contribution in [0.4, 0.5) is 8.78 Å². The molecule has 1 saturated carbocycles.